The molecule has 3 aromatic heterocycles. The van der Waals surface area contributed by atoms with Crippen LogP contribution in [0, 0.1) is 5.41 Å². The largest absolute Gasteiger partial charge is 0.355 e. The van der Waals surface area contributed by atoms with Crippen LogP contribution in [-0.4, -0.2) is 26.9 Å². The number of nitrogens with zero attached hydrogens (tertiary/aromatic N) is 3. The number of rotatable bonds is 2. The molecule has 1 aliphatic rings. The highest BCUT2D eigenvalue weighted by atomic mass is 16.1. The topological polar surface area (TPSA) is 92.2 Å². The third kappa shape index (κ3) is 2.51. The molecule has 3 aromatic rings. The fraction of sp³-hybridized carbons (Fsp3) is 0.368. The van der Waals surface area contributed by atoms with Crippen LogP contribution in [0.5, 0.6) is 0 Å². The predicted octanol–water partition coefficient (Wildman–Crippen LogP) is 1.99. The second-order valence-corrected chi connectivity index (χ2v) is 6.73. The number of fused-ring (bicyclic) bond motifs is 2. The Labute approximate surface area is 149 Å². The van der Waals surface area contributed by atoms with Crippen molar-refractivity contribution in [3.8, 4) is 0 Å². The van der Waals surface area contributed by atoms with Gasteiger partial charge in [0.25, 0.3) is 11.5 Å². The summed E-state index contributed by atoms with van der Waals surface area (Å²) in [7, 11) is 1.53. The average molecular weight is 351 g/mol. The van der Waals surface area contributed by atoms with Gasteiger partial charge < -0.3 is 9.88 Å². The molecule has 0 aromatic carbocycles. The molecule has 1 aliphatic carbocycles. The first kappa shape index (κ1) is 16.5. The highest BCUT2D eigenvalue weighted by Crippen LogP contribution is 2.29. The van der Waals surface area contributed by atoms with Gasteiger partial charge in [0.2, 0.25) is 0 Å². The number of aromatic nitrogens is 3. The minimum absolute atomic E-state index is 0.0846. The van der Waals surface area contributed by atoms with Crippen molar-refractivity contribution in [1.82, 2.24) is 19.3 Å². The van der Waals surface area contributed by atoms with Crippen LogP contribution in [-0.2, 0) is 0 Å². The molecular formula is C19H21N5O2. The summed E-state index contributed by atoms with van der Waals surface area (Å²) in [6.07, 6.45) is 6.86. The van der Waals surface area contributed by atoms with E-state index in [0.29, 0.717) is 16.7 Å². The Balaban J connectivity index is 2.14. The number of carbonyl (C=O) groups is 1. The van der Waals surface area contributed by atoms with E-state index in [2.05, 4.69) is 10.3 Å². The van der Waals surface area contributed by atoms with Gasteiger partial charge in [-0.05, 0) is 31.0 Å². The quantitative estimate of drug-likeness (QED) is 0.692. The van der Waals surface area contributed by atoms with Crippen molar-refractivity contribution in [3.05, 3.63) is 51.9 Å². The number of nitrogens with one attached hydrogen (secondary N) is 2. The van der Waals surface area contributed by atoms with Gasteiger partial charge in [-0.15, -0.1) is 0 Å². The van der Waals surface area contributed by atoms with Gasteiger partial charge >= 0.3 is 0 Å². The summed E-state index contributed by atoms with van der Waals surface area (Å²) in [5.74, 6) is -0.362. The van der Waals surface area contributed by atoms with Crippen molar-refractivity contribution >= 4 is 22.6 Å². The minimum Gasteiger partial charge on any atom is -0.355 e. The highest BCUT2D eigenvalue weighted by Gasteiger charge is 2.23. The fourth-order valence-electron chi connectivity index (χ4n) is 3.85. The van der Waals surface area contributed by atoms with Crippen LogP contribution in [0.25, 0.3) is 16.7 Å². The van der Waals surface area contributed by atoms with E-state index in [9.17, 15) is 9.59 Å². The Bertz CT molecular complexity index is 1120. The fourth-order valence-corrected chi connectivity index (χ4v) is 3.85. The van der Waals surface area contributed by atoms with Crippen molar-refractivity contribution in [2.24, 2.45) is 0 Å². The van der Waals surface area contributed by atoms with Crippen molar-refractivity contribution in [1.29, 1.82) is 5.41 Å². The number of carbonyl (C=O) groups excluding carboxylic acids is 1. The lowest BCUT2D eigenvalue weighted by atomic mass is 9.94. The molecule has 1 amide bonds. The van der Waals surface area contributed by atoms with Gasteiger partial charge in [-0.2, -0.15) is 0 Å². The number of hydrogen-bond acceptors (Lipinski definition) is 4. The van der Waals surface area contributed by atoms with Crippen molar-refractivity contribution in [3.63, 3.8) is 0 Å². The first-order valence-electron chi connectivity index (χ1n) is 8.95. The zero-order chi connectivity index (χ0) is 18.3. The normalized spacial score (nSPS) is 15.4. The summed E-state index contributed by atoms with van der Waals surface area (Å²) in [5, 5.41) is 11.6. The lowest BCUT2D eigenvalue weighted by Gasteiger charge is -2.26. The minimum atomic E-state index is -0.362. The van der Waals surface area contributed by atoms with E-state index in [1.165, 1.54) is 23.9 Å². The van der Waals surface area contributed by atoms with Crippen molar-refractivity contribution in [2.45, 2.75) is 38.1 Å². The van der Waals surface area contributed by atoms with Gasteiger partial charge in [0.1, 0.15) is 16.8 Å². The summed E-state index contributed by atoms with van der Waals surface area (Å²) in [6, 6.07) is 6.98. The molecule has 0 saturated heterocycles. The second-order valence-electron chi connectivity index (χ2n) is 6.73. The zero-order valence-corrected chi connectivity index (χ0v) is 14.7. The van der Waals surface area contributed by atoms with Crippen LogP contribution in [0.15, 0.2) is 35.3 Å². The summed E-state index contributed by atoms with van der Waals surface area (Å²) in [5.41, 5.74) is 1.14. The summed E-state index contributed by atoms with van der Waals surface area (Å²) in [4.78, 5) is 30.0. The first-order valence-corrected chi connectivity index (χ1v) is 8.95. The van der Waals surface area contributed by atoms with Gasteiger partial charge in [-0.3, -0.25) is 19.4 Å². The maximum absolute atomic E-state index is 13.0. The molecule has 0 bridgehead atoms. The molecule has 1 fully saturated rings. The van der Waals surface area contributed by atoms with Crippen LogP contribution >= 0.6 is 0 Å². The zero-order valence-electron chi connectivity index (χ0n) is 14.7. The van der Waals surface area contributed by atoms with Crippen LogP contribution in [0.3, 0.4) is 0 Å². The predicted molar refractivity (Wildman–Crippen MR) is 98.3 cm³/mol. The molecule has 2 N–H and O–H groups in total. The molecular weight excluding hydrogens is 330 g/mol. The van der Waals surface area contributed by atoms with E-state index in [1.807, 2.05) is 6.07 Å². The SMILES string of the molecule is CNC(=O)c1cc2c(=O)n3ccccc3nc2n(C2CCCCC2)c1=N. The molecule has 0 spiro atoms. The molecule has 7 nitrogen and oxygen atoms in total. The molecule has 7 heteroatoms. The molecule has 0 radical (unpaired) electrons. The molecule has 0 atom stereocenters. The molecule has 1 saturated carbocycles. The third-order valence-corrected chi connectivity index (χ3v) is 5.17. The van der Waals surface area contributed by atoms with Crippen LogP contribution in [0.4, 0.5) is 0 Å². The van der Waals surface area contributed by atoms with E-state index in [-0.39, 0.29) is 28.6 Å². The van der Waals surface area contributed by atoms with Crippen molar-refractivity contribution < 1.29 is 4.79 Å². The lowest BCUT2D eigenvalue weighted by molar-refractivity contribution is 0.0960. The van der Waals surface area contributed by atoms with Gasteiger partial charge in [0.15, 0.2) is 0 Å². The molecule has 3 heterocycles. The highest BCUT2D eigenvalue weighted by molar-refractivity contribution is 5.96. The number of hydrogen-bond donors (Lipinski definition) is 2. The van der Waals surface area contributed by atoms with Crippen molar-refractivity contribution in [2.75, 3.05) is 7.05 Å². The van der Waals surface area contributed by atoms with Crippen LogP contribution in [0.2, 0.25) is 0 Å². The average Bonchev–Trinajstić information content (AvgIpc) is 2.68. The van der Waals surface area contributed by atoms with E-state index >= 15 is 0 Å². The molecule has 0 unspecified atom stereocenters. The van der Waals surface area contributed by atoms with Gasteiger partial charge in [0.05, 0.1) is 10.9 Å². The first-order chi connectivity index (χ1) is 12.6. The van der Waals surface area contributed by atoms with Crippen LogP contribution in [0.1, 0.15) is 48.5 Å². The third-order valence-electron chi connectivity index (χ3n) is 5.17. The Hall–Kier alpha value is -2.96. The number of amides is 1. The van der Waals surface area contributed by atoms with E-state index in [0.717, 1.165) is 25.7 Å². The Morgan fingerprint density at radius 2 is 2.04 bits per heavy atom. The number of pyridine rings is 2. The van der Waals surface area contributed by atoms with E-state index < -0.39 is 0 Å². The Morgan fingerprint density at radius 1 is 1.27 bits per heavy atom. The summed E-state index contributed by atoms with van der Waals surface area (Å²) in [6.45, 7) is 0. The molecule has 4 rings (SSSR count). The van der Waals surface area contributed by atoms with E-state index in [4.69, 9.17) is 5.41 Å². The monoisotopic (exact) mass is 351 g/mol. The molecule has 0 aliphatic heterocycles. The Morgan fingerprint density at radius 3 is 2.77 bits per heavy atom. The Kier molecular flexibility index (Phi) is 4.06. The smallest absolute Gasteiger partial charge is 0.267 e. The summed E-state index contributed by atoms with van der Waals surface area (Å²) >= 11 is 0. The standard InChI is InChI=1S/C19H21N5O2/c1-21-18(25)13-11-14-17(22-15-9-5-6-10-23(15)19(14)26)24(16(13)20)12-7-3-2-4-8-12/h5-6,9-12,20H,2-4,7-8H2,1H3,(H,21,25). The van der Waals surface area contributed by atoms with Crippen LogP contribution < -0.4 is 16.4 Å². The van der Waals surface area contributed by atoms with Gasteiger partial charge in [-0.1, -0.05) is 25.3 Å². The van der Waals surface area contributed by atoms with E-state index in [1.54, 1.807) is 22.9 Å². The molecule has 26 heavy (non-hydrogen) atoms. The maximum Gasteiger partial charge on any atom is 0.267 e. The summed E-state index contributed by atoms with van der Waals surface area (Å²) < 4.78 is 3.28. The molecule has 134 valence electrons. The lowest BCUT2D eigenvalue weighted by Crippen LogP contribution is -2.36. The van der Waals surface area contributed by atoms with Gasteiger partial charge in [-0.25, -0.2) is 4.98 Å². The maximum atomic E-state index is 13.0. The second kappa shape index (κ2) is 6.40. The van der Waals surface area contributed by atoms with Gasteiger partial charge in [0, 0.05) is 19.3 Å².